The monoisotopic (exact) mass is 218 g/mol. The van der Waals surface area contributed by atoms with Crippen molar-refractivity contribution in [3.05, 3.63) is 35.4 Å². The van der Waals surface area contributed by atoms with Gasteiger partial charge in [-0.3, -0.25) is 9.59 Å². The number of nitrogens with zero attached hydrogens (tertiary/aromatic N) is 1. The molecule has 2 amide bonds. The molecule has 1 aromatic carbocycles. The number of carbonyl (C=O) groups excluding carboxylic acids is 2. The lowest BCUT2D eigenvalue weighted by molar-refractivity contribution is -0.148. The Morgan fingerprint density at radius 2 is 2.06 bits per heavy atom. The molecule has 84 valence electrons. The summed E-state index contributed by atoms with van der Waals surface area (Å²) >= 11 is 0. The number of aryl methyl sites for hydroxylation is 1. The molecule has 2 rings (SSSR count). The van der Waals surface area contributed by atoms with Crippen LogP contribution in [0.25, 0.3) is 0 Å². The molecule has 4 heteroatoms. The van der Waals surface area contributed by atoms with Gasteiger partial charge in [0.2, 0.25) is 0 Å². The van der Waals surface area contributed by atoms with E-state index in [1.807, 2.05) is 31.2 Å². The minimum absolute atomic E-state index is 0.436. The van der Waals surface area contributed by atoms with Gasteiger partial charge in [0, 0.05) is 19.6 Å². The van der Waals surface area contributed by atoms with Crippen LogP contribution in [-0.2, 0) is 16.1 Å². The summed E-state index contributed by atoms with van der Waals surface area (Å²) < 4.78 is 0. The van der Waals surface area contributed by atoms with Crippen LogP contribution in [0, 0.1) is 6.92 Å². The number of nitrogens with one attached hydrogen (secondary N) is 1. The highest BCUT2D eigenvalue weighted by molar-refractivity contribution is 6.35. The van der Waals surface area contributed by atoms with Gasteiger partial charge in [-0.25, -0.2) is 0 Å². The lowest BCUT2D eigenvalue weighted by atomic mass is 10.1. The predicted octanol–water partition coefficient (Wildman–Crippen LogP) is 0.453. The minimum atomic E-state index is -0.500. The Morgan fingerprint density at radius 3 is 2.81 bits per heavy atom. The molecule has 0 radical (unpaired) electrons. The van der Waals surface area contributed by atoms with Gasteiger partial charge in [0.1, 0.15) is 0 Å². The van der Waals surface area contributed by atoms with E-state index in [1.54, 1.807) is 4.90 Å². The summed E-state index contributed by atoms with van der Waals surface area (Å²) in [6.45, 7) is 3.64. The van der Waals surface area contributed by atoms with Crippen molar-refractivity contribution in [2.24, 2.45) is 0 Å². The summed E-state index contributed by atoms with van der Waals surface area (Å²) in [6.07, 6.45) is 0. The van der Waals surface area contributed by atoms with Crippen LogP contribution in [0.2, 0.25) is 0 Å². The zero-order valence-corrected chi connectivity index (χ0v) is 9.19. The summed E-state index contributed by atoms with van der Waals surface area (Å²) in [5, 5.41) is 2.53. The molecular formula is C12H14N2O2. The summed E-state index contributed by atoms with van der Waals surface area (Å²) in [6, 6.07) is 7.89. The average Bonchev–Trinajstić information content (AvgIpc) is 2.28. The van der Waals surface area contributed by atoms with Crippen LogP contribution in [0.5, 0.6) is 0 Å². The number of carbonyl (C=O) groups is 2. The standard InChI is InChI=1S/C12H14N2O2/c1-9-4-2-3-5-10(9)8-14-7-6-13-11(15)12(14)16/h2-5H,6-8H2,1H3,(H,13,15). The maximum atomic E-state index is 11.6. The highest BCUT2D eigenvalue weighted by atomic mass is 16.2. The Bertz CT molecular complexity index is 429. The highest BCUT2D eigenvalue weighted by Crippen LogP contribution is 2.11. The van der Waals surface area contributed by atoms with E-state index in [0.717, 1.165) is 11.1 Å². The first-order valence-corrected chi connectivity index (χ1v) is 5.30. The van der Waals surface area contributed by atoms with Crippen molar-refractivity contribution >= 4 is 11.8 Å². The molecule has 1 saturated heterocycles. The molecule has 1 aromatic rings. The largest absolute Gasteiger partial charge is 0.346 e. The molecule has 1 N–H and O–H groups in total. The van der Waals surface area contributed by atoms with Crippen LogP contribution >= 0.6 is 0 Å². The van der Waals surface area contributed by atoms with Crippen molar-refractivity contribution in [3.63, 3.8) is 0 Å². The normalized spacial score (nSPS) is 16.2. The topological polar surface area (TPSA) is 49.4 Å². The van der Waals surface area contributed by atoms with Crippen molar-refractivity contribution < 1.29 is 9.59 Å². The van der Waals surface area contributed by atoms with Crippen molar-refractivity contribution in [1.29, 1.82) is 0 Å². The summed E-state index contributed by atoms with van der Waals surface area (Å²) in [7, 11) is 0. The number of amides is 2. The summed E-state index contributed by atoms with van der Waals surface area (Å²) in [4.78, 5) is 24.3. The van der Waals surface area contributed by atoms with E-state index in [4.69, 9.17) is 0 Å². The highest BCUT2D eigenvalue weighted by Gasteiger charge is 2.25. The zero-order valence-electron chi connectivity index (χ0n) is 9.19. The van der Waals surface area contributed by atoms with E-state index in [2.05, 4.69) is 5.32 Å². The predicted molar refractivity (Wildman–Crippen MR) is 59.6 cm³/mol. The summed E-state index contributed by atoms with van der Waals surface area (Å²) in [5.74, 6) is -0.936. The average molecular weight is 218 g/mol. The van der Waals surface area contributed by atoms with Crippen LogP contribution in [-0.4, -0.2) is 29.8 Å². The first kappa shape index (κ1) is 10.7. The first-order valence-electron chi connectivity index (χ1n) is 5.30. The molecular weight excluding hydrogens is 204 g/mol. The van der Waals surface area contributed by atoms with Crippen LogP contribution in [0.1, 0.15) is 11.1 Å². The third-order valence-electron chi connectivity index (χ3n) is 2.77. The fourth-order valence-corrected chi connectivity index (χ4v) is 1.77. The van der Waals surface area contributed by atoms with Gasteiger partial charge in [-0.15, -0.1) is 0 Å². The Kier molecular flexibility index (Phi) is 2.90. The smallest absolute Gasteiger partial charge is 0.312 e. The molecule has 0 saturated carbocycles. The molecule has 0 spiro atoms. The second kappa shape index (κ2) is 4.35. The first-order chi connectivity index (χ1) is 7.68. The molecule has 1 aliphatic heterocycles. The van der Waals surface area contributed by atoms with E-state index in [9.17, 15) is 9.59 Å². The molecule has 1 aliphatic rings. The second-order valence-corrected chi connectivity index (χ2v) is 3.91. The van der Waals surface area contributed by atoms with Crippen molar-refractivity contribution in [2.45, 2.75) is 13.5 Å². The molecule has 1 fully saturated rings. The number of piperazine rings is 1. The van der Waals surface area contributed by atoms with E-state index in [-0.39, 0.29) is 0 Å². The molecule has 4 nitrogen and oxygen atoms in total. The van der Waals surface area contributed by atoms with Gasteiger partial charge in [-0.05, 0) is 18.1 Å². The van der Waals surface area contributed by atoms with Gasteiger partial charge >= 0.3 is 11.8 Å². The lowest BCUT2D eigenvalue weighted by Crippen LogP contribution is -2.51. The van der Waals surface area contributed by atoms with Crippen molar-refractivity contribution in [3.8, 4) is 0 Å². The third kappa shape index (κ3) is 2.05. The molecule has 0 aliphatic carbocycles. The lowest BCUT2D eigenvalue weighted by Gasteiger charge is -2.26. The molecule has 0 unspecified atom stereocenters. The number of hydrogen-bond acceptors (Lipinski definition) is 2. The molecule has 16 heavy (non-hydrogen) atoms. The van der Waals surface area contributed by atoms with Crippen LogP contribution in [0.3, 0.4) is 0 Å². The quantitative estimate of drug-likeness (QED) is 0.733. The Balaban J connectivity index is 2.13. The maximum Gasteiger partial charge on any atom is 0.312 e. The van der Waals surface area contributed by atoms with Crippen molar-refractivity contribution in [2.75, 3.05) is 13.1 Å². The Labute approximate surface area is 94.2 Å². The second-order valence-electron chi connectivity index (χ2n) is 3.91. The van der Waals surface area contributed by atoms with E-state index < -0.39 is 11.8 Å². The molecule has 0 atom stereocenters. The fraction of sp³-hybridized carbons (Fsp3) is 0.333. The maximum absolute atomic E-state index is 11.6. The van der Waals surface area contributed by atoms with Gasteiger partial charge < -0.3 is 10.2 Å². The van der Waals surface area contributed by atoms with Crippen LogP contribution in [0.15, 0.2) is 24.3 Å². The van der Waals surface area contributed by atoms with E-state index in [1.165, 1.54) is 0 Å². The summed E-state index contributed by atoms with van der Waals surface area (Å²) in [5.41, 5.74) is 2.23. The molecule has 0 aromatic heterocycles. The fourth-order valence-electron chi connectivity index (χ4n) is 1.77. The Morgan fingerprint density at radius 1 is 1.31 bits per heavy atom. The SMILES string of the molecule is Cc1ccccc1CN1CCNC(=O)C1=O. The Hall–Kier alpha value is -1.84. The van der Waals surface area contributed by atoms with Gasteiger partial charge in [0.15, 0.2) is 0 Å². The number of rotatable bonds is 2. The minimum Gasteiger partial charge on any atom is -0.346 e. The molecule has 1 heterocycles. The number of hydrogen-bond donors (Lipinski definition) is 1. The molecule has 0 bridgehead atoms. The van der Waals surface area contributed by atoms with E-state index >= 15 is 0 Å². The third-order valence-corrected chi connectivity index (χ3v) is 2.77. The van der Waals surface area contributed by atoms with Gasteiger partial charge in [-0.1, -0.05) is 24.3 Å². The van der Waals surface area contributed by atoms with Gasteiger partial charge in [-0.2, -0.15) is 0 Å². The van der Waals surface area contributed by atoms with Gasteiger partial charge in [0.05, 0.1) is 0 Å². The van der Waals surface area contributed by atoms with E-state index in [0.29, 0.717) is 19.6 Å². The van der Waals surface area contributed by atoms with Crippen molar-refractivity contribution in [1.82, 2.24) is 10.2 Å². The van der Waals surface area contributed by atoms with Gasteiger partial charge in [0.25, 0.3) is 0 Å². The van der Waals surface area contributed by atoms with Crippen LogP contribution < -0.4 is 5.32 Å². The van der Waals surface area contributed by atoms with Crippen LogP contribution in [0.4, 0.5) is 0 Å². The zero-order chi connectivity index (χ0) is 11.5. The number of benzene rings is 1.